The van der Waals surface area contributed by atoms with Gasteiger partial charge in [0.1, 0.15) is 5.82 Å². The molecule has 2 aliphatic rings. The number of nitrogens with one attached hydrogen (secondary N) is 1. The predicted molar refractivity (Wildman–Crippen MR) is 116 cm³/mol. The van der Waals surface area contributed by atoms with Crippen LogP contribution in [0.5, 0.6) is 0 Å². The summed E-state index contributed by atoms with van der Waals surface area (Å²) < 4.78 is 0. The van der Waals surface area contributed by atoms with Crippen molar-refractivity contribution in [3.63, 3.8) is 0 Å². The van der Waals surface area contributed by atoms with Gasteiger partial charge in [-0.05, 0) is 67.6 Å². The third-order valence-electron chi connectivity index (χ3n) is 5.73. The molecular formula is C22H30N6. The second-order valence-electron chi connectivity index (χ2n) is 7.79. The maximum atomic E-state index is 6.19. The van der Waals surface area contributed by atoms with Crippen LogP contribution < -0.4 is 16.0 Å². The minimum absolute atomic E-state index is 0.469. The molecule has 2 heterocycles. The number of nitrogens with zero attached hydrogens (tertiary/aromatic N) is 4. The van der Waals surface area contributed by atoms with E-state index in [1.54, 1.807) is 0 Å². The topological polar surface area (TPSA) is 69.8 Å². The highest BCUT2D eigenvalue weighted by Crippen LogP contribution is 2.27. The number of fused-ring (bicyclic) bond motifs is 1. The molecule has 2 aromatic rings. The second-order valence-corrected chi connectivity index (χ2v) is 7.79. The van der Waals surface area contributed by atoms with Crippen LogP contribution in [0.4, 0.5) is 11.5 Å². The van der Waals surface area contributed by atoms with Gasteiger partial charge in [0.25, 0.3) is 0 Å². The molecule has 0 amide bonds. The van der Waals surface area contributed by atoms with Crippen molar-refractivity contribution in [2.45, 2.75) is 32.2 Å². The number of anilines is 2. The first-order valence-electron chi connectivity index (χ1n) is 10.3. The largest absolute Gasteiger partial charge is 0.370 e. The molecule has 1 aromatic carbocycles. The van der Waals surface area contributed by atoms with Crippen molar-refractivity contribution in [2.75, 3.05) is 43.4 Å². The van der Waals surface area contributed by atoms with Crippen molar-refractivity contribution >= 4 is 17.5 Å². The molecule has 0 unspecified atom stereocenters. The van der Waals surface area contributed by atoms with Crippen molar-refractivity contribution in [2.24, 2.45) is 10.7 Å². The average Bonchev–Trinajstić information content (AvgIpc) is 2.73. The number of hydrogen-bond donors (Lipinski definition) is 2. The zero-order valence-corrected chi connectivity index (χ0v) is 16.7. The lowest BCUT2D eigenvalue weighted by Gasteiger charge is -2.33. The Morgan fingerprint density at radius 2 is 1.96 bits per heavy atom. The minimum atomic E-state index is 0.469. The molecule has 0 spiro atoms. The number of pyridine rings is 1. The summed E-state index contributed by atoms with van der Waals surface area (Å²) >= 11 is 0. The molecule has 1 aliphatic heterocycles. The Hall–Kier alpha value is -2.60. The Labute approximate surface area is 167 Å². The lowest BCUT2D eigenvalue weighted by molar-refractivity contribution is 0.312. The smallest absolute Gasteiger partial charge is 0.193 e. The van der Waals surface area contributed by atoms with Crippen LogP contribution >= 0.6 is 0 Å². The molecule has 1 aliphatic carbocycles. The SMILES string of the molecule is CN1CCN(c2cc(CN=C(N)Nc3cccc4c3CCCC4)ccn2)CC1. The number of piperazine rings is 1. The third-order valence-corrected chi connectivity index (χ3v) is 5.73. The summed E-state index contributed by atoms with van der Waals surface area (Å²) in [4.78, 5) is 13.8. The molecule has 0 radical (unpaired) electrons. The van der Waals surface area contributed by atoms with Crippen molar-refractivity contribution in [1.29, 1.82) is 0 Å². The quantitative estimate of drug-likeness (QED) is 0.632. The number of aromatic nitrogens is 1. The van der Waals surface area contributed by atoms with Crippen LogP contribution in [0, 0.1) is 0 Å². The van der Waals surface area contributed by atoms with Gasteiger partial charge in [0.2, 0.25) is 0 Å². The van der Waals surface area contributed by atoms with E-state index in [9.17, 15) is 0 Å². The van der Waals surface area contributed by atoms with Gasteiger partial charge in [-0.15, -0.1) is 0 Å². The van der Waals surface area contributed by atoms with E-state index >= 15 is 0 Å². The van der Waals surface area contributed by atoms with Crippen LogP contribution in [0.3, 0.4) is 0 Å². The van der Waals surface area contributed by atoms with E-state index in [1.807, 2.05) is 12.3 Å². The van der Waals surface area contributed by atoms with E-state index in [0.29, 0.717) is 12.5 Å². The predicted octanol–water partition coefficient (Wildman–Crippen LogP) is 2.64. The molecule has 6 nitrogen and oxygen atoms in total. The molecule has 6 heteroatoms. The minimum Gasteiger partial charge on any atom is -0.370 e. The number of benzene rings is 1. The fourth-order valence-corrected chi connectivity index (χ4v) is 4.02. The Morgan fingerprint density at radius 1 is 1.14 bits per heavy atom. The first-order valence-corrected chi connectivity index (χ1v) is 10.3. The van der Waals surface area contributed by atoms with E-state index < -0.39 is 0 Å². The number of hydrogen-bond acceptors (Lipinski definition) is 4. The summed E-state index contributed by atoms with van der Waals surface area (Å²) in [6.45, 7) is 4.72. The van der Waals surface area contributed by atoms with Crippen LogP contribution in [-0.2, 0) is 19.4 Å². The highest BCUT2D eigenvalue weighted by Gasteiger charge is 2.15. The molecule has 1 aromatic heterocycles. The number of guanidine groups is 1. The zero-order valence-electron chi connectivity index (χ0n) is 16.7. The summed E-state index contributed by atoms with van der Waals surface area (Å²) in [6, 6.07) is 10.6. The molecule has 148 valence electrons. The van der Waals surface area contributed by atoms with Crippen LogP contribution in [0.2, 0.25) is 0 Å². The molecule has 1 saturated heterocycles. The Balaban J connectivity index is 1.41. The highest BCUT2D eigenvalue weighted by atomic mass is 15.3. The lowest BCUT2D eigenvalue weighted by atomic mass is 9.90. The molecule has 3 N–H and O–H groups in total. The van der Waals surface area contributed by atoms with Gasteiger partial charge in [-0.25, -0.2) is 9.98 Å². The van der Waals surface area contributed by atoms with Crippen LogP contribution in [0.25, 0.3) is 0 Å². The van der Waals surface area contributed by atoms with Crippen molar-refractivity contribution in [3.8, 4) is 0 Å². The summed E-state index contributed by atoms with van der Waals surface area (Å²) in [5, 5.41) is 3.32. The van der Waals surface area contributed by atoms with Gasteiger partial charge in [-0.3, -0.25) is 0 Å². The Kier molecular flexibility index (Phi) is 5.76. The van der Waals surface area contributed by atoms with E-state index in [-0.39, 0.29) is 0 Å². The molecule has 0 bridgehead atoms. The standard InChI is InChI=1S/C22H30N6/c1-27-11-13-28(14-12-27)21-15-17(9-10-24-21)16-25-22(23)26-20-8-4-6-18-5-2-3-7-19(18)20/h4,6,8-10,15H,2-3,5,7,11-14,16H2,1H3,(H3,23,25,26). The fourth-order valence-electron chi connectivity index (χ4n) is 4.02. The van der Waals surface area contributed by atoms with E-state index in [0.717, 1.165) is 56.1 Å². The van der Waals surface area contributed by atoms with E-state index in [4.69, 9.17) is 5.73 Å². The summed E-state index contributed by atoms with van der Waals surface area (Å²) in [5.41, 5.74) is 11.3. The maximum absolute atomic E-state index is 6.19. The number of aliphatic imine (C=N–C) groups is 1. The number of likely N-dealkylation sites (N-methyl/N-ethyl adjacent to an activating group) is 1. The van der Waals surface area contributed by atoms with Gasteiger partial charge >= 0.3 is 0 Å². The Bertz CT molecular complexity index is 839. The van der Waals surface area contributed by atoms with Crippen molar-refractivity contribution in [3.05, 3.63) is 53.2 Å². The summed E-state index contributed by atoms with van der Waals surface area (Å²) in [6.07, 6.45) is 6.67. The van der Waals surface area contributed by atoms with Crippen LogP contribution in [0.1, 0.15) is 29.5 Å². The van der Waals surface area contributed by atoms with E-state index in [1.165, 1.54) is 24.0 Å². The lowest BCUT2D eigenvalue weighted by Crippen LogP contribution is -2.44. The molecule has 0 saturated carbocycles. The normalized spacial score (nSPS) is 18.0. The monoisotopic (exact) mass is 378 g/mol. The molecule has 1 fully saturated rings. The summed E-state index contributed by atoms with van der Waals surface area (Å²) in [5.74, 6) is 1.50. The first kappa shape index (κ1) is 18.7. The number of nitrogens with two attached hydrogens (primary N) is 1. The first-order chi connectivity index (χ1) is 13.7. The average molecular weight is 379 g/mol. The van der Waals surface area contributed by atoms with Gasteiger partial charge in [0, 0.05) is 38.1 Å². The molecule has 28 heavy (non-hydrogen) atoms. The second kappa shape index (κ2) is 8.61. The van der Waals surface area contributed by atoms with Crippen LogP contribution in [0.15, 0.2) is 41.5 Å². The molecule has 0 atom stereocenters. The van der Waals surface area contributed by atoms with Crippen molar-refractivity contribution in [1.82, 2.24) is 9.88 Å². The van der Waals surface area contributed by atoms with Gasteiger partial charge in [-0.1, -0.05) is 12.1 Å². The van der Waals surface area contributed by atoms with Gasteiger partial charge in [0.15, 0.2) is 5.96 Å². The Morgan fingerprint density at radius 3 is 2.82 bits per heavy atom. The fraction of sp³-hybridized carbons (Fsp3) is 0.455. The van der Waals surface area contributed by atoms with Gasteiger partial charge < -0.3 is 20.9 Å². The van der Waals surface area contributed by atoms with Crippen molar-refractivity contribution < 1.29 is 0 Å². The molecule has 4 rings (SSSR count). The van der Waals surface area contributed by atoms with Gasteiger partial charge in [0.05, 0.1) is 6.54 Å². The third kappa shape index (κ3) is 4.44. The van der Waals surface area contributed by atoms with E-state index in [2.05, 4.69) is 56.4 Å². The number of aryl methyl sites for hydroxylation is 1. The summed E-state index contributed by atoms with van der Waals surface area (Å²) in [7, 11) is 2.16. The van der Waals surface area contributed by atoms with Gasteiger partial charge in [-0.2, -0.15) is 0 Å². The van der Waals surface area contributed by atoms with Crippen LogP contribution in [-0.4, -0.2) is 49.1 Å². The highest BCUT2D eigenvalue weighted by molar-refractivity contribution is 5.93. The zero-order chi connectivity index (χ0) is 19.3. The maximum Gasteiger partial charge on any atom is 0.193 e. The number of rotatable bonds is 4. The molecular weight excluding hydrogens is 348 g/mol.